The minimum absolute atomic E-state index is 0.312. The number of hydrogen-bond donors (Lipinski definition) is 1. The van der Waals surface area contributed by atoms with Gasteiger partial charge in [0.25, 0.3) is 0 Å². The maximum Gasteiger partial charge on any atom is 0.106 e. The van der Waals surface area contributed by atoms with E-state index in [0.29, 0.717) is 6.04 Å². The standard InChI is InChI=1S/C15H28N2O/c1-3-5-6-11-18-12-7-10-15(4-2,13-16)17-14-8-9-14/h14,17H,3-12H2,1-2H3. The quantitative estimate of drug-likeness (QED) is 0.573. The highest BCUT2D eigenvalue weighted by Gasteiger charge is 2.34. The first kappa shape index (κ1) is 15.5. The molecule has 18 heavy (non-hydrogen) atoms. The normalized spacial score (nSPS) is 18.3. The summed E-state index contributed by atoms with van der Waals surface area (Å²) in [6, 6.07) is 3.07. The molecule has 1 saturated carbocycles. The topological polar surface area (TPSA) is 45.0 Å². The van der Waals surface area contributed by atoms with Gasteiger partial charge in [-0.3, -0.25) is 5.32 Å². The summed E-state index contributed by atoms with van der Waals surface area (Å²) in [5, 5.41) is 12.9. The maximum atomic E-state index is 9.37. The Bertz CT molecular complexity index is 258. The molecule has 0 radical (unpaired) electrons. The van der Waals surface area contributed by atoms with Crippen molar-refractivity contribution in [3.8, 4) is 6.07 Å². The van der Waals surface area contributed by atoms with Gasteiger partial charge in [0.15, 0.2) is 0 Å². The van der Waals surface area contributed by atoms with E-state index in [1.807, 2.05) is 0 Å². The molecule has 0 aliphatic heterocycles. The summed E-state index contributed by atoms with van der Waals surface area (Å²) in [5.41, 5.74) is -0.312. The molecule has 1 rings (SSSR count). The smallest absolute Gasteiger partial charge is 0.106 e. The molecular formula is C15H28N2O. The van der Waals surface area contributed by atoms with Gasteiger partial charge in [0.2, 0.25) is 0 Å². The average Bonchev–Trinajstić information content (AvgIpc) is 3.20. The molecule has 1 fully saturated rings. The monoisotopic (exact) mass is 252 g/mol. The molecule has 1 unspecified atom stereocenters. The van der Waals surface area contributed by atoms with E-state index in [2.05, 4.69) is 25.2 Å². The van der Waals surface area contributed by atoms with Gasteiger partial charge in [-0.2, -0.15) is 5.26 Å². The first-order chi connectivity index (χ1) is 8.76. The summed E-state index contributed by atoms with van der Waals surface area (Å²) < 4.78 is 5.60. The van der Waals surface area contributed by atoms with Crippen LogP contribution >= 0.6 is 0 Å². The molecule has 0 saturated heterocycles. The van der Waals surface area contributed by atoms with Crippen molar-refractivity contribution >= 4 is 0 Å². The molecule has 1 atom stereocenters. The van der Waals surface area contributed by atoms with E-state index in [1.54, 1.807) is 0 Å². The number of hydrogen-bond acceptors (Lipinski definition) is 3. The molecule has 0 spiro atoms. The Kier molecular flexibility index (Phi) is 7.31. The lowest BCUT2D eigenvalue weighted by Gasteiger charge is -2.26. The molecule has 3 nitrogen and oxygen atoms in total. The van der Waals surface area contributed by atoms with E-state index >= 15 is 0 Å². The minimum atomic E-state index is -0.312. The van der Waals surface area contributed by atoms with E-state index in [0.717, 1.165) is 38.9 Å². The van der Waals surface area contributed by atoms with Crippen molar-refractivity contribution in [3.63, 3.8) is 0 Å². The van der Waals surface area contributed by atoms with Gasteiger partial charge < -0.3 is 4.74 Å². The van der Waals surface area contributed by atoms with Crippen LogP contribution in [0.4, 0.5) is 0 Å². The van der Waals surface area contributed by atoms with Crippen molar-refractivity contribution < 1.29 is 4.74 Å². The Balaban J connectivity index is 2.11. The van der Waals surface area contributed by atoms with Gasteiger partial charge in [-0.05, 0) is 38.5 Å². The van der Waals surface area contributed by atoms with Crippen LogP contribution < -0.4 is 5.32 Å². The predicted molar refractivity (Wildman–Crippen MR) is 74.4 cm³/mol. The number of nitrogens with zero attached hydrogens (tertiary/aromatic N) is 1. The molecule has 0 bridgehead atoms. The Labute approximate surface area is 112 Å². The summed E-state index contributed by atoms with van der Waals surface area (Å²) >= 11 is 0. The lowest BCUT2D eigenvalue weighted by atomic mass is 9.92. The van der Waals surface area contributed by atoms with Crippen LogP contribution in [0.5, 0.6) is 0 Å². The molecular weight excluding hydrogens is 224 g/mol. The fourth-order valence-corrected chi connectivity index (χ4v) is 2.17. The lowest BCUT2D eigenvalue weighted by Crippen LogP contribution is -2.44. The second-order valence-corrected chi connectivity index (χ2v) is 5.39. The first-order valence-electron chi connectivity index (χ1n) is 7.53. The summed E-state index contributed by atoms with van der Waals surface area (Å²) in [6.07, 6.45) is 8.89. The van der Waals surface area contributed by atoms with Crippen LogP contribution in [-0.2, 0) is 4.74 Å². The molecule has 1 N–H and O–H groups in total. The second kappa shape index (κ2) is 8.50. The highest BCUT2D eigenvalue weighted by molar-refractivity contribution is 5.09. The van der Waals surface area contributed by atoms with Crippen molar-refractivity contribution in [3.05, 3.63) is 0 Å². The van der Waals surface area contributed by atoms with E-state index in [9.17, 15) is 5.26 Å². The van der Waals surface area contributed by atoms with Gasteiger partial charge in [-0.25, -0.2) is 0 Å². The van der Waals surface area contributed by atoms with Gasteiger partial charge in [0, 0.05) is 19.3 Å². The van der Waals surface area contributed by atoms with Gasteiger partial charge in [-0.15, -0.1) is 0 Å². The van der Waals surface area contributed by atoms with Crippen molar-refractivity contribution in [1.29, 1.82) is 5.26 Å². The van der Waals surface area contributed by atoms with E-state index in [1.165, 1.54) is 25.7 Å². The SMILES string of the molecule is CCCCCOCCCC(C#N)(CC)NC1CC1. The average molecular weight is 252 g/mol. The van der Waals surface area contributed by atoms with Crippen LogP contribution in [0.3, 0.4) is 0 Å². The summed E-state index contributed by atoms with van der Waals surface area (Å²) in [5.74, 6) is 0. The molecule has 1 aliphatic carbocycles. The molecule has 0 aromatic heterocycles. The molecule has 1 aliphatic rings. The van der Waals surface area contributed by atoms with Crippen molar-refractivity contribution in [2.24, 2.45) is 0 Å². The van der Waals surface area contributed by atoms with Crippen molar-refractivity contribution in [1.82, 2.24) is 5.32 Å². The van der Waals surface area contributed by atoms with E-state index in [4.69, 9.17) is 4.74 Å². The van der Waals surface area contributed by atoms with Gasteiger partial charge in [0.1, 0.15) is 5.54 Å². The largest absolute Gasteiger partial charge is 0.381 e. The van der Waals surface area contributed by atoms with E-state index in [-0.39, 0.29) is 5.54 Å². The van der Waals surface area contributed by atoms with Crippen LogP contribution in [0, 0.1) is 11.3 Å². The molecule has 3 heteroatoms. The molecule has 104 valence electrons. The maximum absolute atomic E-state index is 9.37. The van der Waals surface area contributed by atoms with Gasteiger partial charge >= 0.3 is 0 Å². The van der Waals surface area contributed by atoms with Crippen LogP contribution in [0.15, 0.2) is 0 Å². The van der Waals surface area contributed by atoms with Crippen molar-refractivity contribution in [2.75, 3.05) is 13.2 Å². The van der Waals surface area contributed by atoms with Gasteiger partial charge in [0.05, 0.1) is 6.07 Å². The van der Waals surface area contributed by atoms with Crippen LogP contribution in [0.1, 0.15) is 65.2 Å². The van der Waals surface area contributed by atoms with Gasteiger partial charge in [-0.1, -0.05) is 26.7 Å². The fraction of sp³-hybridized carbons (Fsp3) is 0.933. The predicted octanol–water partition coefficient (Wildman–Crippen LogP) is 3.40. The zero-order chi connectivity index (χ0) is 13.3. The van der Waals surface area contributed by atoms with Crippen LogP contribution in [0.25, 0.3) is 0 Å². The summed E-state index contributed by atoms with van der Waals surface area (Å²) in [4.78, 5) is 0. The van der Waals surface area contributed by atoms with Crippen LogP contribution in [-0.4, -0.2) is 24.8 Å². The zero-order valence-corrected chi connectivity index (χ0v) is 12.0. The molecule has 0 aromatic rings. The third-order valence-corrected chi connectivity index (χ3v) is 3.66. The highest BCUT2D eigenvalue weighted by Crippen LogP contribution is 2.26. The molecule has 0 aromatic carbocycles. The first-order valence-corrected chi connectivity index (χ1v) is 7.53. The number of rotatable bonds is 11. The number of unbranched alkanes of at least 4 members (excludes halogenated alkanes) is 2. The number of nitrogens with one attached hydrogen (secondary N) is 1. The minimum Gasteiger partial charge on any atom is -0.381 e. The summed E-state index contributed by atoms with van der Waals surface area (Å²) in [7, 11) is 0. The Morgan fingerprint density at radius 2 is 1.94 bits per heavy atom. The third kappa shape index (κ3) is 5.84. The third-order valence-electron chi connectivity index (χ3n) is 3.66. The highest BCUT2D eigenvalue weighted by atomic mass is 16.5. The molecule has 0 amide bonds. The number of ether oxygens (including phenoxy) is 1. The number of nitriles is 1. The van der Waals surface area contributed by atoms with E-state index < -0.39 is 0 Å². The Morgan fingerprint density at radius 3 is 2.50 bits per heavy atom. The van der Waals surface area contributed by atoms with Crippen LogP contribution in [0.2, 0.25) is 0 Å². The molecule has 0 heterocycles. The second-order valence-electron chi connectivity index (χ2n) is 5.39. The Hall–Kier alpha value is -0.590. The lowest BCUT2D eigenvalue weighted by molar-refractivity contribution is 0.121. The Morgan fingerprint density at radius 1 is 1.22 bits per heavy atom. The summed E-state index contributed by atoms with van der Waals surface area (Å²) in [6.45, 7) is 5.96. The van der Waals surface area contributed by atoms with Crippen molar-refractivity contribution in [2.45, 2.75) is 76.8 Å². The fourth-order valence-electron chi connectivity index (χ4n) is 2.17. The zero-order valence-electron chi connectivity index (χ0n) is 12.0.